The minimum atomic E-state index is -0.253. The van der Waals surface area contributed by atoms with Crippen LogP contribution in [0.15, 0.2) is 0 Å². The average molecular weight is 188 g/mol. The number of methoxy groups -OCH3 is 1. The van der Waals surface area contributed by atoms with E-state index in [9.17, 15) is 4.79 Å². The van der Waals surface area contributed by atoms with Crippen molar-refractivity contribution in [2.75, 3.05) is 7.11 Å². The van der Waals surface area contributed by atoms with Crippen LogP contribution in [0.3, 0.4) is 0 Å². The van der Waals surface area contributed by atoms with Gasteiger partial charge in [-0.05, 0) is 13.3 Å². The van der Waals surface area contributed by atoms with E-state index in [4.69, 9.17) is 14.2 Å². The van der Waals surface area contributed by atoms with Crippen molar-refractivity contribution in [2.24, 2.45) is 0 Å². The second kappa shape index (κ2) is 4.58. The van der Waals surface area contributed by atoms with Gasteiger partial charge in [0.2, 0.25) is 0 Å². The van der Waals surface area contributed by atoms with E-state index in [0.717, 1.165) is 12.8 Å². The van der Waals surface area contributed by atoms with Crippen LogP contribution < -0.4 is 0 Å². The molecule has 13 heavy (non-hydrogen) atoms. The van der Waals surface area contributed by atoms with Gasteiger partial charge in [0.25, 0.3) is 0 Å². The lowest BCUT2D eigenvalue weighted by molar-refractivity contribution is -0.215. The van der Waals surface area contributed by atoms with E-state index in [1.165, 1.54) is 6.92 Å². The van der Waals surface area contributed by atoms with Crippen molar-refractivity contribution in [1.82, 2.24) is 0 Å². The van der Waals surface area contributed by atoms with Gasteiger partial charge in [0.05, 0.1) is 6.10 Å². The van der Waals surface area contributed by atoms with E-state index in [2.05, 4.69) is 0 Å². The van der Waals surface area contributed by atoms with Crippen LogP contribution in [-0.4, -0.2) is 31.6 Å². The Balaban J connectivity index is 2.39. The van der Waals surface area contributed by atoms with Crippen molar-refractivity contribution >= 4 is 5.97 Å². The van der Waals surface area contributed by atoms with Gasteiger partial charge in [-0.25, -0.2) is 0 Å². The summed E-state index contributed by atoms with van der Waals surface area (Å²) in [5.74, 6) is -0.253. The summed E-state index contributed by atoms with van der Waals surface area (Å²) in [7, 11) is 1.61. The molecule has 3 atom stereocenters. The topological polar surface area (TPSA) is 44.8 Å². The predicted octanol–water partition coefficient (Wildman–Crippen LogP) is 1.09. The molecule has 1 saturated heterocycles. The molecule has 0 aromatic rings. The van der Waals surface area contributed by atoms with Crippen molar-refractivity contribution in [3.8, 4) is 0 Å². The summed E-state index contributed by atoms with van der Waals surface area (Å²) in [6.45, 7) is 3.30. The van der Waals surface area contributed by atoms with Crippen molar-refractivity contribution in [2.45, 2.75) is 45.2 Å². The molecule has 0 spiro atoms. The number of hydrogen-bond acceptors (Lipinski definition) is 4. The zero-order chi connectivity index (χ0) is 9.84. The quantitative estimate of drug-likeness (QED) is 0.608. The van der Waals surface area contributed by atoms with Crippen LogP contribution in [0.1, 0.15) is 26.7 Å². The summed E-state index contributed by atoms with van der Waals surface area (Å²) in [5.41, 5.74) is 0. The Morgan fingerprint density at radius 1 is 1.46 bits per heavy atom. The second-order valence-electron chi connectivity index (χ2n) is 3.23. The SMILES string of the molecule is COC1CCC(OC(C)=O)C(C)O1. The van der Waals surface area contributed by atoms with Gasteiger partial charge in [0, 0.05) is 20.5 Å². The maximum atomic E-state index is 10.7. The summed E-state index contributed by atoms with van der Waals surface area (Å²) < 4.78 is 15.6. The standard InChI is InChI=1S/C9H16O4/c1-6-8(13-7(2)10)4-5-9(11-3)12-6/h6,8-9H,4-5H2,1-3H3. The van der Waals surface area contributed by atoms with Gasteiger partial charge in [0.15, 0.2) is 6.29 Å². The van der Waals surface area contributed by atoms with Crippen LogP contribution in [0.2, 0.25) is 0 Å². The Hall–Kier alpha value is -0.610. The highest BCUT2D eigenvalue weighted by Crippen LogP contribution is 2.22. The number of esters is 1. The Morgan fingerprint density at radius 2 is 2.15 bits per heavy atom. The molecule has 1 aliphatic heterocycles. The molecule has 0 bridgehead atoms. The van der Waals surface area contributed by atoms with Crippen LogP contribution in [0.4, 0.5) is 0 Å². The van der Waals surface area contributed by atoms with Gasteiger partial charge < -0.3 is 14.2 Å². The van der Waals surface area contributed by atoms with Gasteiger partial charge in [-0.15, -0.1) is 0 Å². The first-order valence-electron chi connectivity index (χ1n) is 4.49. The molecule has 0 aromatic carbocycles. The smallest absolute Gasteiger partial charge is 0.302 e. The van der Waals surface area contributed by atoms with Crippen LogP contribution in [0.5, 0.6) is 0 Å². The van der Waals surface area contributed by atoms with Crippen molar-refractivity contribution < 1.29 is 19.0 Å². The number of ether oxygens (including phenoxy) is 3. The third-order valence-corrected chi connectivity index (χ3v) is 2.16. The zero-order valence-corrected chi connectivity index (χ0v) is 8.28. The molecule has 76 valence electrons. The van der Waals surface area contributed by atoms with E-state index in [-0.39, 0.29) is 24.5 Å². The summed E-state index contributed by atoms with van der Waals surface area (Å²) in [5, 5.41) is 0. The minimum absolute atomic E-state index is 0.0809. The second-order valence-corrected chi connectivity index (χ2v) is 3.23. The molecule has 1 aliphatic rings. The number of carbonyl (C=O) groups is 1. The predicted molar refractivity (Wildman–Crippen MR) is 46.1 cm³/mol. The van der Waals surface area contributed by atoms with Crippen LogP contribution >= 0.6 is 0 Å². The van der Waals surface area contributed by atoms with E-state index in [1.807, 2.05) is 6.92 Å². The van der Waals surface area contributed by atoms with Crippen LogP contribution in [0, 0.1) is 0 Å². The molecule has 1 fully saturated rings. The molecule has 0 aliphatic carbocycles. The van der Waals surface area contributed by atoms with Gasteiger partial charge in [-0.2, -0.15) is 0 Å². The first-order valence-corrected chi connectivity index (χ1v) is 4.49. The van der Waals surface area contributed by atoms with E-state index in [0.29, 0.717) is 0 Å². The monoisotopic (exact) mass is 188 g/mol. The van der Waals surface area contributed by atoms with Gasteiger partial charge in [-0.1, -0.05) is 0 Å². The Morgan fingerprint density at radius 3 is 2.62 bits per heavy atom. The Bertz CT molecular complexity index is 180. The van der Waals surface area contributed by atoms with Crippen LogP contribution in [0.25, 0.3) is 0 Å². The van der Waals surface area contributed by atoms with E-state index < -0.39 is 0 Å². The highest BCUT2D eigenvalue weighted by molar-refractivity contribution is 5.66. The molecule has 0 aromatic heterocycles. The first kappa shape index (κ1) is 10.5. The Kier molecular flexibility index (Phi) is 3.69. The lowest BCUT2D eigenvalue weighted by Crippen LogP contribution is -2.40. The molecule has 0 N–H and O–H groups in total. The number of hydrogen-bond donors (Lipinski definition) is 0. The lowest BCUT2D eigenvalue weighted by atomic mass is 10.1. The van der Waals surface area contributed by atoms with Crippen LogP contribution in [-0.2, 0) is 19.0 Å². The van der Waals surface area contributed by atoms with E-state index in [1.54, 1.807) is 7.11 Å². The fourth-order valence-electron chi connectivity index (χ4n) is 1.47. The van der Waals surface area contributed by atoms with Crippen molar-refractivity contribution in [3.63, 3.8) is 0 Å². The highest BCUT2D eigenvalue weighted by Gasteiger charge is 2.29. The number of carbonyl (C=O) groups excluding carboxylic acids is 1. The molecule has 1 heterocycles. The molecule has 3 unspecified atom stereocenters. The van der Waals surface area contributed by atoms with Gasteiger partial charge in [0.1, 0.15) is 6.10 Å². The highest BCUT2D eigenvalue weighted by atomic mass is 16.7. The molecule has 1 rings (SSSR count). The zero-order valence-electron chi connectivity index (χ0n) is 8.28. The summed E-state index contributed by atoms with van der Waals surface area (Å²) in [4.78, 5) is 10.7. The molecular formula is C9H16O4. The van der Waals surface area contributed by atoms with Gasteiger partial charge >= 0.3 is 5.97 Å². The normalized spacial score (nSPS) is 34.2. The molecule has 0 saturated carbocycles. The first-order chi connectivity index (χ1) is 6.13. The minimum Gasteiger partial charge on any atom is -0.460 e. The lowest BCUT2D eigenvalue weighted by Gasteiger charge is -2.32. The molecule has 4 heteroatoms. The summed E-state index contributed by atoms with van der Waals surface area (Å²) in [6, 6.07) is 0. The van der Waals surface area contributed by atoms with E-state index >= 15 is 0 Å². The summed E-state index contributed by atoms with van der Waals surface area (Å²) in [6.07, 6.45) is 1.23. The molecule has 4 nitrogen and oxygen atoms in total. The fourth-order valence-corrected chi connectivity index (χ4v) is 1.47. The maximum absolute atomic E-state index is 10.7. The van der Waals surface area contributed by atoms with Crippen molar-refractivity contribution in [1.29, 1.82) is 0 Å². The van der Waals surface area contributed by atoms with Crippen molar-refractivity contribution in [3.05, 3.63) is 0 Å². The average Bonchev–Trinajstić information content (AvgIpc) is 2.08. The fraction of sp³-hybridized carbons (Fsp3) is 0.889. The molecule has 0 radical (unpaired) electrons. The van der Waals surface area contributed by atoms with Gasteiger partial charge in [-0.3, -0.25) is 4.79 Å². The third kappa shape index (κ3) is 2.97. The molecular weight excluding hydrogens is 172 g/mol. The number of rotatable bonds is 2. The third-order valence-electron chi connectivity index (χ3n) is 2.16. The summed E-state index contributed by atoms with van der Waals surface area (Å²) >= 11 is 0. The Labute approximate surface area is 78.2 Å². The largest absolute Gasteiger partial charge is 0.460 e. The maximum Gasteiger partial charge on any atom is 0.302 e. The molecule has 0 amide bonds.